The molecule has 4 rings (SSSR count). The highest BCUT2D eigenvalue weighted by atomic mass is 35.5. The zero-order valence-corrected chi connectivity index (χ0v) is 18.8. The van der Waals surface area contributed by atoms with Crippen molar-refractivity contribution in [2.24, 2.45) is 17.8 Å². The van der Waals surface area contributed by atoms with Crippen molar-refractivity contribution in [2.45, 2.75) is 25.7 Å². The Balaban J connectivity index is 1.17. The third kappa shape index (κ3) is 5.87. The van der Waals surface area contributed by atoms with Crippen LogP contribution < -0.4 is 10.6 Å². The van der Waals surface area contributed by atoms with Crippen LogP contribution in [0.2, 0.25) is 5.02 Å². The largest absolute Gasteiger partial charge is 0.338 e. The average molecular weight is 458 g/mol. The summed E-state index contributed by atoms with van der Waals surface area (Å²) < 4.78 is 13.1. The molecule has 2 aromatic carbocycles. The van der Waals surface area contributed by atoms with E-state index in [-0.39, 0.29) is 23.5 Å². The van der Waals surface area contributed by atoms with Crippen molar-refractivity contribution in [2.75, 3.05) is 31.5 Å². The molecule has 32 heavy (non-hydrogen) atoms. The maximum atomic E-state index is 13.1. The molecule has 2 fully saturated rings. The summed E-state index contributed by atoms with van der Waals surface area (Å²) in [5.41, 5.74) is 1.32. The monoisotopic (exact) mass is 457 g/mol. The van der Waals surface area contributed by atoms with Gasteiger partial charge >= 0.3 is 6.03 Å². The fourth-order valence-electron chi connectivity index (χ4n) is 4.64. The van der Waals surface area contributed by atoms with Crippen LogP contribution in [0.1, 0.15) is 36.0 Å². The van der Waals surface area contributed by atoms with E-state index in [0.29, 0.717) is 29.0 Å². The van der Waals surface area contributed by atoms with Gasteiger partial charge in [0.25, 0.3) is 0 Å². The van der Waals surface area contributed by atoms with Crippen molar-refractivity contribution >= 4 is 29.1 Å². The van der Waals surface area contributed by atoms with Crippen LogP contribution in [0.15, 0.2) is 48.5 Å². The second kappa shape index (κ2) is 10.5. The Morgan fingerprint density at radius 2 is 1.59 bits per heavy atom. The van der Waals surface area contributed by atoms with Gasteiger partial charge in [-0.05, 0) is 99.1 Å². The number of carbonyl (C=O) groups is 2. The predicted molar refractivity (Wildman–Crippen MR) is 125 cm³/mol. The minimum atomic E-state index is -0.316. The first-order valence-electron chi connectivity index (χ1n) is 11.3. The Morgan fingerprint density at radius 1 is 0.938 bits per heavy atom. The van der Waals surface area contributed by atoms with Gasteiger partial charge in [-0.25, -0.2) is 9.18 Å². The number of nitrogens with zero attached hydrogens (tertiary/aromatic N) is 1. The lowest BCUT2D eigenvalue weighted by Gasteiger charge is -2.42. The number of hydrogen-bond donors (Lipinski definition) is 2. The SMILES string of the molecule is O=C(NC[C@@H]1CC[C@H]1CN1CCC(C(=O)c2ccc(F)cc2)CC1)Nc1ccc(Cl)cc1. The molecule has 7 heteroatoms. The zero-order valence-electron chi connectivity index (χ0n) is 18.0. The molecule has 2 N–H and O–H groups in total. The first-order chi connectivity index (χ1) is 15.5. The van der Waals surface area contributed by atoms with Gasteiger partial charge in [0.05, 0.1) is 0 Å². The third-order valence-corrected chi connectivity index (χ3v) is 7.03. The number of carbonyl (C=O) groups excluding carboxylic acids is 2. The Hall–Kier alpha value is -2.44. The van der Waals surface area contributed by atoms with Gasteiger partial charge < -0.3 is 15.5 Å². The van der Waals surface area contributed by atoms with Crippen molar-refractivity contribution < 1.29 is 14.0 Å². The standard InChI is InChI=1S/C25H29ClFN3O2/c26-21-5-9-23(10-6-21)29-25(32)28-15-19-1-2-20(19)16-30-13-11-18(12-14-30)24(31)17-3-7-22(27)8-4-17/h3-10,18-20H,1-2,11-16H2,(H2,28,29,32)/t19-,20-/m0/s1. The van der Waals surface area contributed by atoms with Gasteiger partial charge in [-0.15, -0.1) is 0 Å². The topological polar surface area (TPSA) is 61.4 Å². The molecule has 1 heterocycles. The zero-order chi connectivity index (χ0) is 22.5. The summed E-state index contributed by atoms with van der Waals surface area (Å²) in [5, 5.41) is 6.45. The maximum absolute atomic E-state index is 13.1. The minimum Gasteiger partial charge on any atom is -0.338 e. The molecular formula is C25H29ClFN3O2. The lowest BCUT2D eigenvalue weighted by atomic mass is 9.73. The van der Waals surface area contributed by atoms with E-state index in [2.05, 4.69) is 15.5 Å². The summed E-state index contributed by atoms with van der Waals surface area (Å²) in [5.74, 6) is 0.900. The van der Waals surface area contributed by atoms with E-state index in [1.165, 1.54) is 18.6 Å². The Bertz CT molecular complexity index is 927. The summed E-state index contributed by atoms with van der Waals surface area (Å²) in [6.45, 7) is 3.50. The van der Waals surface area contributed by atoms with Gasteiger partial charge in [0.1, 0.15) is 5.82 Å². The molecule has 0 spiro atoms. The molecule has 0 radical (unpaired) electrons. The molecule has 1 aliphatic carbocycles. The first-order valence-corrected chi connectivity index (χ1v) is 11.7. The summed E-state index contributed by atoms with van der Waals surface area (Å²) in [6, 6.07) is 12.7. The third-order valence-electron chi connectivity index (χ3n) is 6.78. The highest BCUT2D eigenvalue weighted by Gasteiger charge is 2.34. The second-order valence-electron chi connectivity index (χ2n) is 8.89. The molecule has 2 amide bonds. The summed E-state index contributed by atoms with van der Waals surface area (Å²) in [6.07, 6.45) is 4.00. The normalized spacial score (nSPS) is 21.6. The molecule has 2 atom stereocenters. The van der Waals surface area contributed by atoms with Crippen LogP contribution in [-0.2, 0) is 0 Å². The summed E-state index contributed by atoms with van der Waals surface area (Å²) in [7, 11) is 0. The van der Waals surface area contributed by atoms with Crippen molar-refractivity contribution in [1.82, 2.24) is 10.2 Å². The van der Waals surface area contributed by atoms with E-state index >= 15 is 0 Å². The summed E-state index contributed by atoms with van der Waals surface area (Å²) in [4.78, 5) is 27.3. The van der Waals surface area contributed by atoms with E-state index < -0.39 is 0 Å². The van der Waals surface area contributed by atoms with Gasteiger partial charge in [0, 0.05) is 35.3 Å². The molecule has 1 saturated heterocycles. The molecule has 5 nitrogen and oxygen atoms in total. The lowest BCUT2D eigenvalue weighted by molar-refractivity contribution is 0.0712. The smallest absolute Gasteiger partial charge is 0.319 e. The molecule has 1 saturated carbocycles. The van der Waals surface area contributed by atoms with Crippen LogP contribution in [0.4, 0.5) is 14.9 Å². The number of hydrogen-bond acceptors (Lipinski definition) is 3. The number of amides is 2. The molecule has 0 bridgehead atoms. The number of likely N-dealkylation sites (tertiary alicyclic amines) is 1. The molecule has 170 valence electrons. The molecule has 2 aliphatic rings. The van der Waals surface area contributed by atoms with Crippen molar-refractivity contribution in [3.05, 3.63) is 64.9 Å². The predicted octanol–water partition coefficient (Wildman–Crippen LogP) is 5.22. The van der Waals surface area contributed by atoms with Crippen LogP contribution >= 0.6 is 11.6 Å². The van der Waals surface area contributed by atoms with Gasteiger partial charge in [0.2, 0.25) is 0 Å². The van der Waals surface area contributed by atoms with Crippen LogP contribution in [0.5, 0.6) is 0 Å². The average Bonchev–Trinajstić information content (AvgIpc) is 2.79. The maximum Gasteiger partial charge on any atom is 0.319 e. The van der Waals surface area contributed by atoms with E-state index in [4.69, 9.17) is 11.6 Å². The van der Waals surface area contributed by atoms with E-state index in [1.54, 1.807) is 36.4 Å². The van der Waals surface area contributed by atoms with Gasteiger partial charge in [-0.3, -0.25) is 4.79 Å². The fourth-order valence-corrected chi connectivity index (χ4v) is 4.76. The minimum absolute atomic E-state index is 0.0205. The molecule has 0 unspecified atom stereocenters. The molecule has 2 aromatic rings. The Morgan fingerprint density at radius 3 is 2.22 bits per heavy atom. The number of urea groups is 1. The number of nitrogens with one attached hydrogen (secondary N) is 2. The van der Waals surface area contributed by atoms with Gasteiger partial charge in [-0.1, -0.05) is 11.6 Å². The number of piperidine rings is 1. The van der Waals surface area contributed by atoms with Crippen LogP contribution in [-0.4, -0.2) is 42.9 Å². The number of ketones is 1. The van der Waals surface area contributed by atoms with Gasteiger partial charge in [-0.2, -0.15) is 0 Å². The first kappa shape index (κ1) is 22.7. The molecular weight excluding hydrogens is 429 g/mol. The van der Waals surface area contributed by atoms with E-state index in [9.17, 15) is 14.0 Å². The van der Waals surface area contributed by atoms with Crippen LogP contribution in [0, 0.1) is 23.6 Å². The van der Waals surface area contributed by atoms with Crippen molar-refractivity contribution in [3.8, 4) is 0 Å². The number of rotatable bonds is 7. The number of benzene rings is 2. The van der Waals surface area contributed by atoms with Crippen LogP contribution in [0.3, 0.4) is 0 Å². The fraction of sp³-hybridized carbons (Fsp3) is 0.440. The van der Waals surface area contributed by atoms with E-state index in [1.807, 2.05) is 0 Å². The summed E-state index contributed by atoms with van der Waals surface area (Å²) >= 11 is 5.87. The highest BCUT2D eigenvalue weighted by molar-refractivity contribution is 6.30. The number of anilines is 1. The second-order valence-corrected chi connectivity index (χ2v) is 9.32. The number of halogens is 2. The molecule has 0 aromatic heterocycles. The van der Waals surface area contributed by atoms with Crippen molar-refractivity contribution in [3.63, 3.8) is 0 Å². The molecule has 1 aliphatic heterocycles. The highest BCUT2D eigenvalue weighted by Crippen LogP contribution is 2.35. The van der Waals surface area contributed by atoms with Gasteiger partial charge in [0.15, 0.2) is 5.78 Å². The van der Waals surface area contributed by atoms with Crippen molar-refractivity contribution in [1.29, 1.82) is 0 Å². The lowest BCUT2D eigenvalue weighted by Crippen LogP contribution is -2.46. The van der Waals surface area contributed by atoms with E-state index in [0.717, 1.165) is 44.6 Å². The van der Waals surface area contributed by atoms with Crippen LogP contribution in [0.25, 0.3) is 0 Å². The Kier molecular flexibility index (Phi) is 7.43. The Labute approximate surface area is 193 Å². The number of Topliss-reactive ketones (excluding diaryl/α,β-unsaturated/α-hetero) is 1. The quantitative estimate of drug-likeness (QED) is 0.560.